The Hall–Kier alpha value is -2.85. The first-order chi connectivity index (χ1) is 16.2. The van der Waals surface area contributed by atoms with Gasteiger partial charge in [0.25, 0.3) is 5.91 Å². The normalized spacial score (nSPS) is 23.4. The molecule has 1 aliphatic heterocycles. The molecule has 0 aromatic carbocycles. The monoisotopic (exact) mass is 482 g/mol. The van der Waals surface area contributed by atoms with E-state index in [0.29, 0.717) is 24.8 Å². The van der Waals surface area contributed by atoms with Gasteiger partial charge in [-0.25, -0.2) is 9.37 Å². The smallest absolute Gasteiger partial charge is 0.419 e. The van der Waals surface area contributed by atoms with Gasteiger partial charge < -0.3 is 14.5 Å². The Balaban J connectivity index is 1.49. The molecule has 0 N–H and O–H groups in total. The average molecular weight is 482 g/mol. The minimum Gasteiger partial charge on any atom is -0.477 e. The second kappa shape index (κ2) is 8.42. The van der Waals surface area contributed by atoms with Crippen LogP contribution in [0.5, 0.6) is 5.88 Å². The molecular formula is C23H26F4N4O3. The highest BCUT2D eigenvalue weighted by Crippen LogP contribution is 2.44. The number of hydrogen-bond donors (Lipinski definition) is 0. The molecule has 5 rings (SSSR count). The molecule has 2 amide bonds. The number of halogens is 4. The fourth-order valence-corrected chi connectivity index (χ4v) is 4.64. The Kier molecular flexibility index (Phi) is 5.68. The van der Waals surface area contributed by atoms with Crippen molar-refractivity contribution in [2.75, 3.05) is 26.2 Å². The van der Waals surface area contributed by atoms with E-state index >= 15 is 0 Å². The number of alkyl halides is 4. The molecule has 2 saturated carbocycles. The standard InChI is InChI=1S/C23H26F4N4O3/c1-2-7-34-22-19(21(33)29-5-6-30(18(32)12-29)16-9-15(24)10-16)28-20-17(23(25,26)27)8-14(11-31(20)22)13-3-4-13/h8,11,13,15-16H,2-7,9-10,12H2,1H3. The lowest BCUT2D eigenvalue weighted by molar-refractivity contribution is -0.141. The Labute approximate surface area is 193 Å². The van der Waals surface area contributed by atoms with Crippen molar-refractivity contribution in [2.45, 2.75) is 63.3 Å². The van der Waals surface area contributed by atoms with E-state index in [1.54, 1.807) is 11.1 Å². The zero-order valence-corrected chi connectivity index (χ0v) is 18.8. The zero-order valence-electron chi connectivity index (χ0n) is 18.8. The topological polar surface area (TPSA) is 67.2 Å². The Morgan fingerprint density at radius 3 is 2.56 bits per heavy atom. The minimum atomic E-state index is -4.65. The lowest BCUT2D eigenvalue weighted by atomic mass is 9.89. The van der Waals surface area contributed by atoms with Crippen molar-refractivity contribution in [2.24, 2.45) is 0 Å². The Morgan fingerprint density at radius 1 is 1.24 bits per heavy atom. The molecule has 3 heterocycles. The highest BCUT2D eigenvalue weighted by atomic mass is 19.4. The van der Waals surface area contributed by atoms with Crippen molar-refractivity contribution in [3.05, 3.63) is 29.1 Å². The quantitative estimate of drug-likeness (QED) is 0.588. The van der Waals surface area contributed by atoms with Crippen LogP contribution in [0, 0.1) is 0 Å². The predicted molar refractivity (Wildman–Crippen MR) is 113 cm³/mol. The first-order valence-electron chi connectivity index (χ1n) is 11.7. The van der Waals surface area contributed by atoms with Crippen molar-refractivity contribution in [1.82, 2.24) is 19.2 Å². The first kappa shape index (κ1) is 22.9. The number of hydrogen-bond acceptors (Lipinski definition) is 4. The number of pyridine rings is 1. The number of ether oxygens (including phenoxy) is 1. The molecule has 0 bridgehead atoms. The molecule has 0 radical (unpaired) electrons. The summed E-state index contributed by atoms with van der Waals surface area (Å²) in [4.78, 5) is 32.9. The maximum absolute atomic E-state index is 13.9. The Morgan fingerprint density at radius 2 is 1.97 bits per heavy atom. The molecule has 0 unspecified atom stereocenters. The number of carbonyl (C=O) groups excluding carboxylic acids is 2. The average Bonchev–Trinajstić information content (AvgIpc) is 3.55. The molecule has 2 aromatic heterocycles. The second-order valence-corrected chi connectivity index (χ2v) is 9.30. The summed E-state index contributed by atoms with van der Waals surface area (Å²) in [5.74, 6) is -0.944. The SMILES string of the molecule is CCCOc1c(C(=O)N2CCN(C3CC(F)C3)C(=O)C2)nc2c(C(F)(F)F)cc(C3CC3)cn12. The van der Waals surface area contributed by atoms with Crippen molar-refractivity contribution < 1.29 is 31.9 Å². The molecule has 3 fully saturated rings. The van der Waals surface area contributed by atoms with E-state index in [-0.39, 0.29) is 61.3 Å². The number of fused-ring (bicyclic) bond motifs is 1. The summed E-state index contributed by atoms with van der Waals surface area (Å²) in [7, 11) is 0. The van der Waals surface area contributed by atoms with Crippen LogP contribution >= 0.6 is 0 Å². The molecule has 1 saturated heterocycles. The van der Waals surface area contributed by atoms with E-state index < -0.39 is 23.8 Å². The highest BCUT2D eigenvalue weighted by Gasteiger charge is 2.41. The third-order valence-corrected chi connectivity index (χ3v) is 6.74. The van der Waals surface area contributed by atoms with Gasteiger partial charge in [0.1, 0.15) is 12.7 Å². The van der Waals surface area contributed by atoms with Gasteiger partial charge in [-0.3, -0.25) is 14.0 Å². The van der Waals surface area contributed by atoms with Gasteiger partial charge in [-0.2, -0.15) is 13.2 Å². The molecule has 34 heavy (non-hydrogen) atoms. The van der Waals surface area contributed by atoms with Crippen LogP contribution in [0.25, 0.3) is 5.65 Å². The number of piperazine rings is 1. The Bertz CT molecular complexity index is 1120. The molecule has 7 nitrogen and oxygen atoms in total. The zero-order chi connectivity index (χ0) is 24.2. The molecular weight excluding hydrogens is 456 g/mol. The van der Waals surface area contributed by atoms with Crippen LogP contribution in [0.15, 0.2) is 12.3 Å². The van der Waals surface area contributed by atoms with Crippen LogP contribution in [0.2, 0.25) is 0 Å². The molecule has 11 heteroatoms. The molecule has 0 atom stereocenters. The summed E-state index contributed by atoms with van der Waals surface area (Å²) >= 11 is 0. The molecule has 0 spiro atoms. The lowest BCUT2D eigenvalue weighted by Crippen LogP contribution is -2.58. The van der Waals surface area contributed by atoms with Crippen molar-refractivity contribution >= 4 is 17.5 Å². The van der Waals surface area contributed by atoms with Crippen LogP contribution in [0.1, 0.15) is 66.6 Å². The van der Waals surface area contributed by atoms with Crippen LogP contribution in [-0.2, 0) is 11.0 Å². The maximum atomic E-state index is 13.9. The minimum absolute atomic E-state index is 0.0380. The number of nitrogens with zero attached hydrogens (tertiary/aromatic N) is 4. The van der Waals surface area contributed by atoms with Gasteiger partial charge in [-0.15, -0.1) is 0 Å². The predicted octanol–water partition coefficient (Wildman–Crippen LogP) is 3.80. The van der Waals surface area contributed by atoms with Gasteiger partial charge >= 0.3 is 6.18 Å². The van der Waals surface area contributed by atoms with Crippen LogP contribution in [-0.4, -0.2) is 69.5 Å². The first-order valence-corrected chi connectivity index (χ1v) is 11.7. The van der Waals surface area contributed by atoms with Crippen LogP contribution < -0.4 is 4.74 Å². The number of aromatic nitrogens is 2. The number of carbonyl (C=O) groups is 2. The van der Waals surface area contributed by atoms with Crippen molar-refractivity contribution in [3.8, 4) is 5.88 Å². The molecule has 2 aromatic rings. The van der Waals surface area contributed by atoms with Crippen LogP contribution in [0.4, 0.5) is 17.6 Å². The van der Waals surface area contributed by atoms with Gasteiger partial charge in [-0.1, -0.05) is 6.92 Å². The summed E-state index contributed by atoms with van der Waals surface area (Å²) in [5, 5.41) is 0. The third-order valence-electron chi connectivity index (χ3n) is 6.74. The van der Waals surface area contributed by atoms with Gasteiger partial charge in [0.2, 0.25) is 11.8 Å². The van der Waals surface area contributed by atoms with Crippen molar-refractivity contribution in [1.29, 1.82) is 0 Å². The van der Waals surface area contributed by atoms with E-state index in [1.165, 1.54) is 9.30 Å². The number of amides is 2. The van der Waals surface area contributed by atoms with Gasteiger partial charge in [0.05, 0.1) is 12.2 Å². The van der Waals surface area contributed by atoms with E-state index in [0.717, 1.165) is 18.9 Å². The number of imidazole rings is 1. The molecule has 2 aliphatic carbocycles. The lowest BCUT2D eigenvalue weighted by Gasteiger charge is -2.43. The summed E-state index contributed by atoms with van der Waals surface area (Å²) in [6.07, 6.45) is -1.19. The summed E-state index contributed by atoms with van der Waals surface area (Å²) in [6, 6.07) is 0.949. The van der Waals surface area contributed by atoms with Crippen molar-refractivity contribution in [3.63, 3.8) is 0 Å². The molecule has 184 valence electrons. The van der Waals surface area contributed by atoms with Gasteiger partial charge in [-0.05, 0) is 49.7 Å². The molecule has 3 aliphatic rings. The van der Waals surface area contributed by atoms with E-state index in [4.69, 9.17) is 4.74 Å². The van der Waals surface area contributed by atoms with Crippen LogP contribution in [0.3, 0.4) is 0 Å². The van der Waals surface area contributed by atoms with E-state index in [1.807, 2.05) is 6.92 Å². The fraction of sp³-hybridized carbons (Fsp3) is 0.609. The van der Waals surface area contributed by atoms with E-state index in [2.05, 4.69) is 4.98 Å². The highest BCUT2D eigenvalue weighted by molar-refractivity contribution is 5.98. The fourth-order valence-electron chi connectivity index (χ4n) is 4.64. The van der Waals surface area contributed by atoms with Gasteiger partial charge in [0, 0.05) is 25.3 Å². The summed E-state index contributed by atoms with van der Waals surface area (Å²) in [5.41, 5.74) is -1.00. The van der Waals surface area contributed by atoms with Gasteiger partial charge in [0.15, 0.2) is 11.3 Å². The summed E-state index contributed by atoms with van der Waals surface area (Å²) in [6.45, 7) is 2.26. The van der Waals surface area contributed by atoms with E-state index in [9.17, 15) is 27.2 Å². The largest absolute Gasteiger partial charge is 0.477 e. The third kappa shape index (κ3) is 4.09. The second-order valence-electron chi connectivity index (χ2n) is 9.30. The number of rotatable bonds is 6. The summed E-state index contributed by atoms with van der Waals surface area (Å²) < 4.78 is 61.9. The maximum Gasteiger partial charge on any atom is 0.419 e.